The van der Waals surface area contributed by atoms with Gasteiger partial charge in [0.05, 0.1) is 29.7 Å². The van der Waals surface area contributed by atoms with E-state index in [0.29, 0.717) is 34.0 Å². The van der Waals surface area contributed by atoms with Gasteiger partial charge in [-0.25, -0.2) is 19.0 Å². The quantitative estimate of drug-likeness (QED) is 0.494. The normalized spacial score (nSPS) is 11.3. The minimum absolute atomic E-state index is 0.359. The van der Waals surface area contributed by atoms with E-state index >= 15 is 0 Å². The van der Waals surface area contributed by atoms with Crippen LogP contribution in [0.5, 0.6) is 5.75 Å². The van der Waals surface area contributed by atoms with Crippen molar-refractivity contribution >= 4 is 22.8 Å². The lowest BCUT2D eigenvalue weighted by Crippen LogP contribution is -2.05. The van der Waals surface area contributed by atoms with Gasteiger partial charge in [0, 0.05) is 18.0 Å². The number of benzene rings is 1. The number of halogens is 4. The monoisotopic (exact) mass is 405 g/mol. The summed E-state index contributed by atoms with van der Waals surface area (Å²) in [6.07, 6.45) is 6.19. The highest BCUT2D eigenvalue weighted by atomic mass is 35.5. The van der Waals surface area contributed by atoms with Gasteiger partial charge >= 0.3 is 6.61 Å². The number of fused-ring (bicyclic) bond motifs is 1. The van der Waals surface area contributed by atoms with Crippen molar-refractivity contribution in [3.8, 4) is 17.0 Å². The molecule has 0 amide bonds. The summed E-state index contributed by atoms with van der Waals surface area (Å²) >= 11 is 5.96. The largest absolute Gasteiger partial charge is 0.432 e. The van der Waals surface area contributed by atoms with Crippen molar-refractivity contribution in [2.75, 3.05) is 0 Å². The van der Waals surface area contributed by atoms with Crippen LogP contribution < -0.4 is 4.74 Å². The van der Waals surface area contributed by atoms with E-state index in [1.165, 1.54) is 18.5 Å². The lowest BCUT2D eigenvalue weighted by Gasteiger charge is -2.08. The van der Waals surface area contributed by atoms with Crippen LogP contribution in [-0.4, -0.2) is 31.3 Å². The van der Waals surface area contributed by atoms with Crippen molar-refractivity contribution in [3.05, 3.63) is 65.5 Å². The summed E-state index contributed by atoms with van der Waals surface area (Å²) in [5.41, 5.74) is 2.57. The van der Waals surface area contributed by atoms with Gasteiger partial charge in [0.25, 0.3) is 0 Å². The van der Waals surface area contributed by atoms with E-state index in [1.807, 2.05) is 0 Å². The molecular weight excluding hydrogens is 395 g/mol. The van der Waals surface area contributed by atoms with Gasteiger partial charge in [-0.3, -0.25) is 4.98 Å². The van der Waals surface area contributed by atoms with Gasteiger partial charge in [-0.2, -0.15) is 13.9 Å². The standard InChI is InChI=1S/C18H11ClF3N5O/c19-12-3-10(5-23-6-12)9-27-17-15(8-25-27)24-7-14(26-17)11-1-2-13(20)16(4-11)28-18(21)22/h1-8,18H,9H2. The number of rotatable bonds is 5. The molecule has 0 saturated heterocycles. The lowest BCUT2D eigenvalue weighted by molar-refractivity contribution is -0.0521. The predicted molar refractivity (Wildman–Crippen MR) is 95.7 cm³/mol. The molecule has 6 nitrogen and oxygen atoms in total. The second-order valence-electron chi connectivity index (χ2n) is 5.80. The molecule has 0 saturated carbocycles. The number of nitrogens with zero attached hydrogens (tertiary/aromatic N) is 5. The van der Waals surface area contributed by atoms with Crippen molar-refractivity contribution in [2.45, 2.75) is 13.2 Å². The molecule has 0 aliphatic heterocycles. The minimum atomic E-state index is -3.13. The molecule has 0 spiro atoms. The molecule has 0 bridgehead atoms. The molecular formula is C18H11ClF3N5O. The van der Waals surface area contributed by atoms with Crippen molar-refractivity contribution in [3.63, 3.8) is 0 Å². The summed E-state index contributed by atoms with van der Waals surface area (Å²) in [7, 11) is 0. The zero-order chi connectivity index (χ0) is 19.7. The van der Waals surface area contributed by atoms with Crippen LogP contribution in [0, 0.1) is 5.82 Å². The number of alkyl halides is 2. The maximum absolute atomic E-state index is 13.7. The van der Waals surface area contributed by atoms with E-state index in [-0.39, 0.29) is 0 Å². The fourth-order valence-corrected chi connectivity index (χ4v) is 2.86. The van der Waals surface area contributed by atoms with Crippen LogP contribution in [0.1, 0.15) is 5.56 Å². The molecule has 142 valence electrons. The maximum atomic E-state index is 13.7. The molecule has 0 unspecified atom stereocenters. The van der Waals surface area contributed by atoms with Crippen molar-refractivity contribution in [1.29, 1.82) is 0 Å². The molecule has 10 heteroatoms. The third-order valence-electron chi connectivity index (χ3n) is 3.88. The first-order valence-electron chi connectivity index (χ1n) is 8.02. The first-order chi connectivity index (χ1) is 13.5. The first-order valence-corrected chi connectivity index (χ1v) is 8.40. The van der Waals surface area contributed by atoms with Crippen LogP contribution in [-0.2, 0) is 6.54 Å². The van der Waals surface area contributed by atoms with E-state index in [0.717, 1.165) is 17.7 Å². The summed E-state index contributed by atoms with van der Waals surface area (Å²) < 4.78 is 44.4. The molecule has 4 rings (SSSR count). The van der Waals surface area contributed by atoms with E-state index < -0.39 is 18.2 Å². The molecule has 0 fully saturated rings. The number of hydrogen-bond acceptors (Lipinski definition) is 5. The molecule has 3 aromatic heterocycles. The molecule has 0 aliphatic carbocycles. The van der Waals surface area contributed by atoms with E-state index in [1.54, 1.807) is 23.1 Å². The van der Waals surface area contributed by atoms with E-state index in [4.69, 9.17) is 11.6 Å². The maximum Gasteiger partial charge on any atom is 0.387 e. The summed E-state index contributed by atoms with van der Waals surface area (Å²) in [6.45, 7) is -2.77. The van der Waals surface area contributed by atoms with Crippen molar-refractivity contribution in [2.24, 2.45) is 0 Å². The highest BCUT2D eigenvalue weighted by Gasteiger charge is 2.14. The SMILES string of the molecule is Fc1ccc(-c2cnc3cnn(Cc4cncc(Cl)c4)c3n2)cc1OC(F)F. The average molecular weight is 406 g/mol. The van der Waals surface area contributed by atoms with E-state index in [2.05, 4.69) is 24.8 Å². The molecule has 28 heavy (non-hydrogen) atoms. The van der Waals surface area contributed by atoms with Gasteiger partial charge in [-0.05, 0) is 29.8 Å². The Morgan fingerprint density at radius 3 is 2.75 bits per heavy atom. The zero-order valence-electron chi connectivity index (χ0n) is 14.1. The van der Waals surface area contributed by atoms with Gasteiger partial charge in [0.1, 0.15) is 5.52 Å². The van der Waals surface area contributed by atoms with Crippen molar-refractivity contribution in [1.82, 2.24) is 24.7 Å². The molecule has 0 atom stereocenters. The second-order valence-corrected chi connectivity index (χ2v) is 6.24. The predicted octanol–water partition coefficient (Wildman–Crippen LogP) is 4.33. The average Bonchev–Trinajstić information content (AvgIpc) is 3.05. The lowest BCUT2D eigenvalue weighted by atomic mass is 10.1. The third kappa shape index (κ3) is 3.74. The number of aromatic nitrogens is 5. The summed E-state index contributed by atoms with van der Waals surface area (Å²) in [5.74, 6) is -1.45. The molecule has 0 aliphatic rings. The highest BCUT2D eigenvalue weighted by Crippen LogP contribution is 2.27. The van der Waals surface area contributed by atoms with E-state index in [9.17, 15) is 13.2 Å². The Hall–Kier alpha value is -3.20. The fraction of sp³-hybridized carbons (Fsp3) is 0.111. The Morgan fingerprint density at radius 1 is 1.11 bits per heavy atom. The van der Waals surface area contributed by atoms with Crippen LogP contribution >= 0.6 is 11.6 Å². The summed E-state index contributed by atoms with van der Waals surface area (Å²) in [6, 6.07) is 5.35. The van der Waals surface area contributed by atoms with Gasteiger partial charge < -0.3 is 4.74 Å². The fourth-order valence-electron chi connectivity index (χ4n) is 2.67. The molecule has 3 heterocycles. The van der Waals surface area contributed by atoms with Gasteiger partial charge in [-0.1, -0.05) is 11.6 Å². The third-order valence-corrected chi connectivity index (χ3v) is 4.09. The van der Waals surface area contributed by atoms with Crippen LogP contribution in [0.3, 0.4) is 0 Å². The number of hydrogen-bond donors (Lipinski definition) is 0. The zero-order valence-corrected chi connectivity index (χ0v) is 14.8. The van der Waals surface area contributed by atoms with Crippen LogP contribution in [0.2, 0.25) is 5.02 Å². The van der Waals surface area contributed by atoms with Crippen molar-refractivity contribution < 1.29 is 17.9 Å². The minimum Gasteiger partial charge on any atom is -0.432 e. The smallest absolute Gasteiger partial charge is 0.387 e. The van der Waals surface area contributed by atoms with Gasteiger partial charge in [-0.15, -0.1) is 0 Å². The highest BCUT2D eigenvalue weighted by molar-refractivity contribution is 6.30. The molecule has 0 N–H and O–H groups in total. The van der Waals surface area contributed by atoms with Gasteiger partial charge in [0.2, 0.25) is 0 Å². The Morgan fingerprint density at radius 2 is 1.96 bits per heavy atom. The Kier molecular flexibility index (Phi) is 4.82. The topological polar surface area (TPSA) is 65.7 Å². The molecule has 1 aromatic carbocycles. The number of pyridine rings is 1. The Bertz CT molecular complexity index is 1150. The molecule has 4 aromatic rings. The van der Waals surface area contributed by atoms with Crippen LogP contribution in [0.4, 0.5) is 13.2 Å². The first kappa shape index (κ1) is 18.2. The summed E-state index contributed by atoms with van der Waals surface area (Å²) in [4.78, 5) is 12.8. The summed E-state index contributed by atoms with van der Waals surface area (Å²) in [5, 5.41) is 4.76. The van der Waals surface area contributed by atoms with Crippen LogP contribution in [0.15, 0.2) is 49.1 Å². The second kappa shape index (κ2) is 7.43. The van der Waals surface area contributed by atoms with Gasteiger partial charge in [0.15, 0.2) is 17.2 Å². The Labute approximate surface area is 161 Å². The molecule has 0 radical (unpaired) electrons. The Balaban J connectivity index is 1.72. The number of ether oxygens (including phenoxy) is 1. The van der Waals surface area contributed by atoms with Crippen LogP contribution in [0.25, 0.3) is 22.4 Å².